The lowest BCUT2D eigenvalue weighted by Gasteiger charge is -2.21. The average molecular weight is 310 g/mol. The summed E-state index contributed by atoms with van der Waals surface area (Å²) in [5.74, 6) is 2.85. The Kier molecular flexibility index (Phi) is 4.03. The van der Waals surface area contributed by atoms with Crippen LogP contribution in [0.25, 0.3) is 0 Å². The van der Waals surface area contributed by atoms with Gasteiger partial charge in [0.2, 0.25) is 0 Å². The van der Waals surface area contributed by atoms with Crippen LogP contribution in [0.2, 0.25) is 0 Å². The number of nitrogens with zero attached hydrogens (tertiary/aromatic N) is 1. The number of aryl methyl sites for hydroxylation is 1. The Bertz CT molecular complexity index is 466. The molecule has 2 atom stereocenters. The number of nitrogens with one attached hydrogen (secondary N) is 1. The van der Waals surface area contributed by atoms with Gasteiger partial charge in [-0.1, -0.05) is 0 Å². The van der Waals surface area contributed by atoms with E-state index in [4.69, 9.17) is 9.72 Å². The predicted molar refractivity (Wildman–Crippen MR) is 84.8 cm³/mol. The van der Waals surface area contributed by atoms with Crippen molar-refractivity contribution >= 4 is 23.1 Å². The molecule has 5 heteroatoms. The molecule has 0 aromatic carbocycles. The summed E-state index contributed by atoms with van der Waals surface area (Å²) in [4.78, 5) is 6.53. The number of fused-ring (bicyclic) bond motifs is 1. The highest BCUT2D eigenvalue weighted by Crippen LogP contribution is 2.38. The molecule has 1 saturated carbocycles. The summed E-state index contributed by atoms with van der Waals surface area (Å²) in [5, 5.41) is 4.92. The number of hydrogen-bond donors (Lipinski definition) is 1. The minimum atomic E-state index is 0.251. The Balaban J connectivity index is 1.49. The SMILES string of the molecule is C1Cc2sc(C3CSCCO3)nc2C(CNC2CC2)C1. The van der Waals surface area contributed by atoms with Gasteiger partial charge in [0.05, 0.1) is 12.3 Å². The quantitative estimate of drug-likeness (QED) is 0.926. The largest absolute Gasteiger partial charge is 0.369 e. The normalized spacial score (nSPS) is 30.2. The third kappa shape index (κ3) is 2.91. The molecule has 0 spiro atoms. The van der Waals surface area contributed by atoms with Crippen LogP contribution in [0.5, 0.6) is 0 Å². The van der Waals surface area contributed by atoms with Gasteiger partial charge >= 0.3 is 0 Å². The zero-order chi connectivity index (χ0) is 13.4. The molecule has 110 valence electrons. The number of thioether (sulfide) groups is 1. The molecule has 0 radical (unpaired) electrons. The number of hydrogen-bond acceptors (Lipinski definition) is 5. The zero-order valence-corrected chi connectivity index (χ0v) is 13.4. The van der Waals surface area contributed by atoms with E-state index in [0.29, 0.717) is 5.92 Å². The highest BCUT2D eigenvalue weighted by Gasteiger charge is 2.29. The lowest BCUT2D eigenvalue weighted by Crippen LogP contribution is -2.26. The van der Waals surface area contributed by atoms with E-state index in [9.17, 15) is 0 Å². The van der Waals surface area contributed by atoms with Gasteiger partial charge in [-0.15, -0.1) is 11.3 Å². The molecule has 2 aliphatic carbocycles. The van der Waals surface area contributed by atoms with Crippen LogP contribution in [-0.4, -0.2) is 35.7 Å². The van der Waals surface area contributed by atoms with Crippen molar-refractivity contribution in [1.29, 1.82) is 0 Å². The number of ether oxygens (including phenoxy) is 1. The molecule has 20 heavy (non-hydrogen) atoms. The van der Waals surface area contributed by atoms with Gasteiger partial charge in [0.25, 0.3) is 0 Å². The molecule has 1 saturated heterocycles. The highest BCUT2D eigenvalue weighted by molar-refractivity contribution is 7.99. The Labute approximate surface area is 128 Å². The van der Waals surface area contributed by atoms with Crippen molar-refractivity contribution in [2.75, 3.05) is 24.7 Å². The molecular formula is C15H22N2OS2. The lowest BCUT2D eigenvalue weighted by atomic mass is 9.91. The first-order valence-electron chi connectivity index (χ1n) is 7.82. The van der Waals surface area contributed by atoms with Crippen LogP contribution < -0.4 is 5.32 Å². The van der Waals surface area contributed by atoms with E-state index in [-0.39, 0.29) is 6.10 Å². The minimum absolute atomic E-state index is 0.251. The summed E-state index contributed by atoms with van der Waals surface area (Å²) in [6.07, 6.45) is 6.85. The van der Waals surface area contributed by atoms with Gasteiger partial charge in [0, 0.05) is 34.9 Å². The maximum atomic E-state index is 5.90. The van der Waals surface area contributed by atoms with Crippen LogP contribution >= 0.6 is 23.1 Å². The van der Waals surface area contributed by atoms with Gasteiger partial charge in [0.15, 0.2) is 0 Å². The van der Waals surface area contributed by atoms with Crippen LogP contribution in [0.15, 0.2) is 0 Å². The molecule has 0 amide bonds. The molecular weight excluding hydrogens is 288 g/mol. The van der Waals surface area contributed by atoms with Crippen molar-refractivity contribution in [2.45, 2.75) is 50.2 Å². The molecule has 1 aliphatic heterocycles. The average Bonchev–Trinajstić information content (AvgIpc) is 3.22. The first-order chi connectivity index (χ1) is 9.90. The van der Waals surface area contributed by atoms with Crippen molar-refractivity contribution in [1.82, 2.24) is 10.3 Å². The summed E-state index contributed by atoms with van der Waals surface area (Å²) in [5.41, 5.74) is 1.39. The summed E-state index contributed by atoms with van der Waals surface area (Å²) in [6, 6.07) is 0.802. The fraction of sp³-hybridized carbons (Fsp3) is 0.800. The van der Waals surface area contributed by atoms with Crippen molar-refractivity contribution in [3.8, 4) is 0 Å². The molecule has 1 aromatic heterocycles. The second-order valence-corrected chi connectivity index (χ2v) is 8.33. The highest BCUT2D eigenvalue weighted by atomic mass is 32.2. The molecule has 1 aromatic rings. The lowest BCUT2D eigenvalue weighted by molar-refractivity contribution is 0.0754. The summed E-state index contributed by atoms with van der Waals surface area (Å²) in [6.45, 7) is 2.01. The third-order valence-corrected chi connectivity index (χ3v) is 6.63. The van der Waals surface area contributed by atoms with E-state index in [1.807, 2.05) is 23.1 Å². The first-order valence-corrected chi connectivity index (χ1v) is 9.79. The monoisotopic (exact) mass is 310 g/mol. The van der Waals surface area contributed by atoms with Gasteiger partial charge in [-0.3, -0.25) is 0 Å². The molecule has 0 bridgehead atoms. The van der Waals surface area contributed by atoms with Crippen LogP contribution in [0, 0.1) is 0 Å². The molecule has 3 aliphatic rings. The van der Waals surface area contributed by atoms with E-state index >= 15 is 0 Å². The van der Waals surface area contributed by atoms with Crippen molar-refractivity contribution < 1.29 is 4.74 Å². The Hall–Kier alpha value is -0.100. The molecule has 2 heterocycles. The van der Waals surface area contributed by atoms with E-state index in [1.165, 1.54) is 47.7 Å². The van der Waals surface area contributed by atoms with Crippen LogP contribution in [-0.2, 0) is 11.2 Å². The first kappa shape index (κ1) is 13.6. The van der Waals surface area contributed by atoms with Gasteiger partial charge < -0.3 is 10.1 Å². The maximum absolute atomic E-state index is 5.90. The molecule has 2 fully saturated rings. The minimum Gasteiger partial charge on any atom is -0.369 e. The number of rotatable bonds is 4. The second kappa shape index (κ2) is 5.95. The van der Waals surface area contributed by atoms with E-state index in [0.717, 1.165) is 30.7 Å². The Morgan fingerprint density at radius 2 is 2.25 bits per heavy atom. The number of thiazole rings is 1. The maximum Gasteiger partial charge on any atom is 0.123 e. The van der Waals surface area contributed by atoms with Gasteiger partial charge in [-0.2, -0.15) is 11.8 Å². The summed E-state index contributed by atoms with van der Waals surface area (Å²) >= 11 is 3.91. The number of aromatic nitrogens is 1. The van der Waals surface area contributed by atoms with Crippen LogP contribution in [0.1, 0.15) is 53.3 Å². The van der Waals surface area contributed by atoms with Crippen molar-refractivity contribution in [3.63, 3.8) is 0 Å². The summed E-state index contributed by atoms with van der Waals surface area (Å²) in [7, 11) is 0. The van der Waals surface area contributed by atoms with Crippen LogP contribution in [0.3, 0.4) is 0 Å². The van der Waals surface area contributed by atoms with E-state index in [1.54, 1.807) is 0 Å². The molecule has 3 nitrogen and oxygen atoms in total. The summed E-state index contributed by atoms with van der Waals surface area (Å²) < 4.78 is 5.90. The zero-order valence-electron chi connectivity index (χ0n) is 11.8. The van der Waals surface area contributed by atoms with Gasteiger partial charge in [-0.25, -0.2) is 4.98 Å². The standard InChI is InChI=1S/C15H22N2OS2/c1-2-10(8-16-11-4-5-11)14-13(3-1)20-15(17-14)12-9-19-7-6-18-12/h10-12,16H,1-9H2. The fourth-order valence-electron chi connectivity index (χ4n) is 3.09. The third-order valence-electron chi connectivity index (χ3n) is 4.41. The Morgan fingerprint density at radius 1 is 1.30 bits per heavy atom. The Morgan fingerprint density at radius 3 is 3.05 bits per heavy atom. The second-order valence-electron chi connectivity index (χ2n) is 6.07. The molecule has 1 N–H and O–H groups in total. The van der Waals surface area contributed by atoms with Crippen LogP contribution in [0.4, 0.5) is 0 Å². The van der Waals surface area contributed by atoms with Gasteiger partial charge in [0.1, 0.15) is 11.1 Å². The topological polar surface area (TPSA) is 34.1 Å². The molecule has 4 rings (SSSR count). The van der Waals surface area contributed by atoms with E-state index in [2.05, 4.69) is 5.32 Å². The van der Waals surface area contributed by atoms with Gasteiger partial charge in [-0.05, 0) is 32.1 Å². The fourth-order valence-corrected chi connectivity index (χ4v) is 5.29. The molecule has 2 unspecified atom stereocenters. The van der Waals surface area contributed by atoms with Crippen molar-refractivity contribution in [2.24, 2.45) is 0 Å². The predicted octanol–water partition coefficient (Wildman–Crippen LogP) is 3.12. The van der Waals surface area contributed by atoms with Crippen molar-refractivity contribution in [3.05, 3.63) is 15.6 Å². The van der Waals surface area contributed by atoms with E-state index < -0.39 is 0 Å². The smallest absolute Gasteiger partial charge is 0.123 e.